The maximum atomic E-state index is 12.2. The van der Waals surface area contributed by atoms with Crippen LogP contribution in [0.25, 0.3) is 0 Å². The van der Waals surface area contributed by atoms with Crippen LogP contribution in [0.1, 0.15) is 30.3 Å². The van der Waals surface area contributed by atoms with Gasteiger partial charge in [-0.15, -0.1) is 0 Å². The number of hydrogen-bond acceptors (Lipinski definition) is 4. The van der Waals surface area contributed by atoms with Crippen LogP contribution in [0.5, 0.6) is 0 Å². The van der Waals surface area contributed by atoms with Crippen molar-refractivity contribution in [1.82, 2.24) is 20.4 Å². The van der Waals surface area contributed by atoms with Crippen LogP contribution in [0.2, 0.25) is 0 Å². The zero-order chi connectivity index (χ0) is 19.2. The molecule has 0 radical (unpaired) electrons. The molecule has 0 aliphatic carbocycles. The van der Waals surface area contributed by atoms with Crippen LogP contribution >= 0.6 is 0 Å². The zero-order valence-electron chi connectivity index (χ0n) is 16.7. The molecule has 1 saturated heterocycles. The molecule has 1 aliphatic rings. The van der Waals surface area contributed by atoms with E-state index in [0.717, 1.165) is 50.5 Å². The van der Waals surface area contributed by atoms with Crippen LogP contribution in [0.3, 0.4) is 0 Å². The Hall–Kier alpha value is -2.34. The highest BCUT2D eigenvalue weighted by Crippen LogP contribution is 2.17. The van der Waals surface area contributed by atoms with Crippen molar-refractivity contribution in [2.24, 2.45) is 0 Å². The topological polar surface area (TPSA) is 64.3 Å². The van der Waals surface area contributed by atoms with Crippen molar-refractivity contribution < 1.29 is 4.79 Å². The van der Waals surface area contributed by atoms with Gasteiger partial charge in [-0.25, -0.2) is 0 Å². The number of hydrogen-bond donors (Lipinski definition) is 2. The van der Waals surface area contributed by atoms with Crippen LogP contribution in [0, 0.1) is 13.8 Å². The maximum Gasteiger partial charge on any atom is 0.221 e. The molecule has 1 atom stereocenters. The van der Waals surface area contributed by atoms with Gasteiger partial charge in [-0.05, 0) is 44.5 Å². The molecule has 0 bridgehead atoms. The number of carbonyl (C=O) groups excluding carboxylic acids is 1. The van der Waals surface area contributed by atoms with Gasteiger partial charge < -0.3 is 10.2 Å². The Morgan fingerprint density at radius 3 is 2.67 bits per heavy atom. The van der Waals surface area contributed by atoms with Crippen LogP contribution in [-0.4, -0.2) is 59.8 Å². The Morgan fingerprint density at radius 1 is 1.22 bits per heavy atom. The molecule has 1 aromatic carbocycles. The first-order chi connectivity index (χ1) is 13.0. The van der Waals surface area contributed by atoms with E-state index in [1.54, 1.807) is 0 Å². The minimum Gasteiger partial charge on any atom is -0.369 e. The number of rotatable bonds is 7. The molecule has 1 aromatic heterocycles. The number of anilines is 1. The standard InChI is InChI=1S/C21H31N5O/c1-16-5-4-6-20(13-16)26-11-9-25(10-12-26)8-7-21(27)22-17(2)14-19-15-18(3)23-24-19/h4-6,13,15,17H,7-12,14H2,1-3H3,(H,22,27)(H,23,24)/t17-/m0/s1. The molecule has 2 heterocycles. The largest absolute Gasteiger partial charge is 0.369 e. The van der Waals surface area contributed by atoms with E-state index in [9.17, 15) is 4.79 Å². The number of carbonyl (C=O) groups is 1. The van der Waals surface area contributed by atoms with Gasteiger partial charge >= 0.3 is 0 Å². The Morgan fingerprint density at radius 2 is 2.00 bits per heavy atom. The summed E-state index contributed by atoms with van der Waals surface area (Å²) >= 11 is 0. The summed E-state index contributed by atoms with van der Waals surface area (Å²) in [6.07, 6.45) is 1.31. The third-order valence-corrected chi connectivity index (χ3v) is 5.08. The van der Waals surface area contributed by atoms with Gasteiger partial charge in [-0.3, -0.25) is 14.8 Å². The van der Waals surface area contributed by atoms with Crippen molar-refractivity contribution in [3.63, 3.8) is 0 Å². The van der Waals surface area contributed by atoms with Crippen molar-refractivity contribution in [3.8, 4) is 0 Å². The SMILES string of the molecule is Cc1cccc(N2CCN(CCC(=O)N[C@@H](C)Cc3cc(C)[nH]n3)CC2)c1. The van der Waals surface area contributed by atoms with Crippen LogP contribution in [0.15, 0.2) is 30.3 Å². The summed E-state index contributed by atoms with van der Waals surface area (Å²) in [4.78, 5) is 17.0. The lowest BCUT2D eigenvalue weighted by Crippen LogP contribution is -2.47. The Balaban J connectivity index is 1.36. The van der Waals surface area contributed by atoms with Gasteiger partial charge in [-0.2, -0.15) is 5.10 Å². The first-order valence-corrected chi connectivity index (χ1v) is 9.84. The smallest absolute Gasteiger partial charge is 0.221 e. The first-order valence-electron chi connectivity index (χ1n) is 9.84. The third-order valence-electron chi connectivity index (χ3n) is 5.08. The molecule has 2 aromatic rings. The summed E-state index contributed by atoms with van der Waals surface area (Å²) < 4.78 is 0. The fourth-order valence-electron chi connectivity index (χ4n) is 3.60. The van der Waals surface area contributed by atoms with E-state index in [2.05, 4.69) is 56.5 Å². The molecule has 27 heavy (non-hydrogen) atoms. The molecule has 2 N–H and O–H groups in total. The summed E-state index contributed by atoms with van der Waals surface area (Å²) in [5.41, 5.74) is 4.64. The normalized spacial score (nSPS) is 16.3. The molecule has 0 unspecified atom stereocenters. The lowest BCUT2D eigenvalue weighted by atomic mass is 10.1. The number of amides is 1. The van der Waals surface area contributed by atoms with Gasteiger partial charge in [0.25, 0.3) is 0 Å². The van der Waals surface area contributed by atoms with E-state index in [4.69, 9.17) is 0 Å². The Labute approximate surface area is 161 Å². The van der Waals surface area contributed by atoms with Gasteiger partial charge in [0.05, 0.1) is 5.69 Å². The molecule has 1 aliphatic heterocycles. The molecule has 0 spiro atoms. The Kier molecular flexibility index (Phi) is 6.50. The average molecular weight is 370 g/mol. The number of nitrogens with one attached hydrogen (secondary N) is 2. The summed E-state index contributed by atoms with van der Waals surface area (Å²) in [7, 11) is 0. The zero-order valence-corrected chi connectivity index (χ0v) is 16.7. The van der Waals surface area contributed by atoms with E-state index in [1.807, 2.05) is 19.9 Å². The number of aromatic nitrogens is 2. The van der Waals surface area contributed by atoms with Gasteiger partial charge in [0.15, 0.2) is 0 Å². The second kappa shape index (κ2) is 9.04. The van der Waals surface area contributed by atoms with E-state index in [0.29, 0.717) is 6.42 Å². The monoisotopic (exact) mass is 369 g/mol. The van der Waals surface area contributed by atoms with Gasteiger partial charge in [0.2, 0.25) is 5.91 Å². The highest BCUT2D eigenvalue weighted by molar-refractivity contribution is 5.76. The van der Waals surface area contributed by atoms with E-state index < -0.39 is 0 Å². The highest BCUT2D eigenvalue weighted by Gasteiger charge is 2.18. The summed E-state index contributed by atoms with van der Waals surface area (Å²) in [5.74, 6) is 0.121. The molecule has 6 heteroatoms. The molecule has 3 rings (SSSR count). The summed E-state index contributed by atoms with van der Waals surface area (Å²) in [6.45, 7) is 11.0. The predicted molar refractivity (Wildman–Crippen MR) is 109 cm³/mol. The minimum absolute atomic E-state index is 0.0957. The third kappa shape index (κ3) is 5.82. The fourth-order valence-corrected chi connectivity index (χ4v) is 3.60. The van der Waals surface area contributed by atoms with E-state index in [-0.39, 0.29) is 11.9 Å². The van der Waals surface area contributed by atoms with Crippen LogP contribution in [0.4, 0.5) is 5.69 Å². The second-order valence-corrected chi connectivity index (χ2v) is 7.63. The van der Waals surface area contributed by atoms with Gasteiger partial charge in [0.1, 0.15) is 0 Å². The number of H-pyrrole nitrogens is 1. The quantitative estimate of drug-likeness (QED) is 0.786. The van der Waals surface area contributed by atoms with Crippen molar-refractivity contribution in [2.75, 3.05) is 37.6 Å². The average Bonchev–Trinajstić information content (AvgIpc) is 3.05. The molecule has 1 fully saturated rings. The molecular weight excluding hydrogens is 338 g/mol. The predicted octanol–water partition coefficient (Wildman–Crippen LogP) is 2.29. The highest BCUT2D eigenvalue weighted by atomic mass is 16.1. The second-order valence-electron chi connectivity index (χ2n) is 7.63. The number of aryl methyl sites for hydroxylation is 2. The molecule has 0 saturated carbocycles. The number of piperazine rings is 1. The van der Waals surface area contributed by atoms with E-state index in [1.165, 1.54) is 11.3 Å². The number of nitrogens with zero attached hydrogens (tertiary/aromatic N) is 3. The van der Waals surface area contributed by atoms with E-state index >= 15 is 0 Å². The molecule has 1 amide bonds. The lowest BCUT2D eigenvalue weighted by Gasteiger charge is -2.36. The van der Waals surface area contributed by atoms with Gasteiger partial charge in [0, 0.05) is 63.0 Å². The lowest BCUT2D eigenvalue weighted by molar-refractivity contribution is -0.122. The first kappa shape index (κ1) is 19.4. The molecule has 6 nitrogen and oxygen atoms in total. The molecule has 146 valence electrons. The summed E-state index contributed by atoms with van der Waals surface area (Å²) in [5, 5.41) is 10.3. The van der Waals surface area contributed by atoms with Crippen LogP contribution in [-0.2, 0) is 11.2 Å². The molecular formula is C21H31N5O. The fraction of sp³-hybridized carbons (Fsp3) is 0.524. The number of aromatic amines is 1. The number of benzene rings is 1. The van der Waals surface area contributed by atoms with Crippen molar-refractivity contribution >= 4 is 11.6 Å². The van der Waals surface area contributed by atoms with Crippen molar-refractivity contribution in [3.05, 3.63) is 47.3 Å². The van der Waals surface area contributed by atoms with Crippen molar-refractivity contribution in [1.29, 1.82) is 0 Å². The Bertz CT molecular complexity index is 749. The minimum atomic E-state index is 0.0957. The van der Waals surface area contributed by atoms with Gasteiger partial charge in [-0.1, -0.05) is 12.1 Å². The summed E-state index contributed by atoms with van der Waals surface area (Å²) in [6, 6.07) is 10.8. The van der Waals surface area contributed by atoms with Crippen molar-refractivity contribution in [2.45, 2.75) is 39.7 Å². The van der Waals surface area contributed by atoms with Crippen LogP contribution < -0.4 is 10.2 Å². The maximum absolute atomic E-state index is 12.2.